The largest absolute Gasteiger partial charge is 0.391 e. The van der Waals surface area contributed by atoms with E-state index in [0.717, 1.165) is 11.3 Å². The summed E-state index contributed by atoms with van der Waals surface area (Å²) in [6, 6.07) is 1.91. The summed E-state index contributed by atoms with van der Waals surface area (Å²) in [5, 5.41) is 11.3. The van der Waals surface area contributed by atoms with Crippen LogP contribution in [0.3, 0.4) is 0 Å². The van der Waals surface area contributed by atoms with Gasteiger partial charge in [0.2, 0.25) is 0 Å². The van der Waals surface area contributed by atoms with Gasteiger partial charge in [0.05, 0.1) is 12.1 Å². The van der Waals surface area contributed by atoms with Gasteiger partial charge < -0.3 is 10.8 Å². The van der Waals surface area contributed by atoms with Gasteiger partial charge in [0, 0.05) is 11.3 Å². The summed E-state index contributed by atoms with van der Waals surface area (Å²) in [5.41, 5.74) is 6.92. The SMILES string of the molecule is N[C@H]1c2sccc2C[C@H]1O. The van der Waals surface area contributed by atoms with Gasteiger partial charge in [-0.25, -0.2) is 0 Å². The summed E-state index contributed by atoms with van der Waals surface area (Å²) in [6.07, 6.45) is 0.391. The fraction of sp³-hybridized carbons (Fsp3) is 0.429. The number of hydrogen-bond acceptors (Lipinski definition) is 3. The molecule has 1 aliphatic carbocycles. The molecule has 54 valence electrons. The molecule has 0 radical (unpaired) electrons. The quantitative estimate of drug-likeness (QED) is 0.578. The number of fused-ring (bicyclic) bond motifs is 1. The van der Waals surface area contributed by atoms with Gasteiger partial charge >= 0.3 is 0 Å². The van der Waals surface area contributed by atoms with Gasteiger partial charge in [-0.15, -0.1) is 11.3 Å². The van der Waals surface area contributed by atoms with Crippen LogP contribution >= 0.6 is 11.3 Å². The van der Waals surface area contributed by atoms with Crippen LogP contribution in [0.15, 0.2) is 11.4 Å². The molecule has 0 unspecified atom stereocenters. The summed E-state index contributed by atoms with van der Waals surface area (Å²) in [7, 11) is 0. The minimum absolute atomic E-state index is 0.130. The number of aliphatic hydroxyl groups is 1. The third-order valence-corrected chi connectivity index (χ3v) is 2.99. The van der Waals surface area contributed by atoms with Crippen LogP contribution in [-0.2, 0) is 6.42 Å². The molecule has 1 aliphatic rings. The number of aliphatic hydroxyl groups excluding tert-OH is 1. The Bertz CT molecular complexity index is 246. The number of thiophene rings is 1. The van der Waals surface area contributed by atoms with Crippen LogP contribution in [0.2, 0.25) is 0 Å². The fourth-order valence-electron chi connectivity index (χ4n) is 1.34. The molecule has 0 spiro atoms. The lowest BCUT2D eigenvalue weighted by Gasteiger charge is -2.06. The Hall–Kier alpha value is -0.380. The van der Waals surface area contributed by atoms with Crippen LogP contribution in [0.4, 0.5) is 0 Å². The highest BCUT2D eigenvalue weighted by molar-refractivity contribution is 7.10. The Balaban J connectivity index is 2.43. The van der Waals surface area contributed by atoms with E-state index in [4.69, 9.17) is 5.73 Å². The van der Waals surface area contributed by atoms with Crippen molar-refractivity contribution in [1.29, 1.82) is 0 Å². The fourth-order valence-corrected chi connectivity index (χ4v) is 2.33. The maximum atomic E-state index is 9.29. The maximum absolute atomic E-state index is 9.29. The van der Waals surface area contributed by atoms with E-state index in [-0.39, 0.29) is 12.1 Å². The molecule has 0 amide bonds. The van der Waals surface area contributed by atoms with Gasteiger partial charge in [-0.05, 0) is 17.0 Å². The van der Waals surface area contributed by atoms with Crippen molar-refractivity contribution in [2.75, 3.05) is 0 Å². The van der Waals surface area contributed by atoms with Gasteiger partial charge in [-0.2, -0.15) is 0 Å². The number of rotatable bonds is 0. The molecular formula is C7H9NOS. The minimum atomic E-state index is -0.345. The molecule has 2 rings (SSSR count). The summed E-state index contributed by atoms with van der Waals surface area (Å²) < 4.78 is 0. The average Bonchev–Trinajstić information content (AvgIpc) is 2.41. The van der Waals surface area contributed by atoms with Crippen molar-refractivity contribution < 1.29 is 5.11 Å². The molecule has 2 atom stereocenters. The first-order valence-electron chi connectivity index (χ1n) is 3.29. The molecular weight excluding hydrogens is 146 g/mol. The van der Waals surface area contributed by atoms with Crippen molar-refractivity contribution in [3.8, 4) is 0 Å². The molecule has 3 heteroatoms. The molecule has 1 aromatic heterocycles. The second-order valence-corrected chi connectivity index (χ2v) is 3.56. The van der Waals surface area contributed by atoms with Gasteiger partial charge in [0.15, 0.2) is 0 Å². The van der Waals surface area contributed by atoms with E-state index in [0.29, 0.717) is 0 Å². The third-order valence-electron chi connectivity index (χ3n) is 1.93. The Morgan fingerprint density at radius 2 is 2.50 bits per heavy atom. The van der Waals surface area contributed by atoms with E-state index in [1.807, 2.05) is 11.4 Å². The highest BCUT2D eigenvalue weighted by Crippen LogP contribution is 2.33. The zero-order valence-corrected chi connectivity index (χ0v) is 6.27. The Morgan fingerprint density at radius 3 is 3.20 bits per heavy atom. The van der Waals surface area contributed by atoms with Gasteiger partial charge in [-0.3, -0.25) is 0 Å². The van der Waals surface area contributed by atoms with Crippen molar-refractivity contribution in [1.82, 2.24) is 0 Å². The van der Waals surface area contributed by atoms with Crippen molar-refractivity contribution >= 4 is 11.3 Å². The first kappa shape index (κ1) is 6.34. The summed E-state index contributed by atoms with van der Waals surface area (Å²) in [4.78, 5) is 1.16. The highest BCUT2D eigenvalue weighted by Gasteiger charge is 2.28. The zero-order chi connectivity index (χ0) is 7.14. The van der Waals surface area contributed by atoms with Crippen LogP contribution < -0.4 is 5.73 Å². The molecule has 1 heterocycles. The lowest BCUT2D eigenvalue weighted by molar-refractivity contribution is 0.159. The second kappa shape index (κ2) is 2.05. The van der Waals surface area contributed by atoms with Crippen molar-refractivity contribution in [3.63, 3.8) is 0 Å². The molecule has 0 aromatic carbocycles. The maximum Gasteiger partial charge on any atom is 0.0781 e. The highest BCUT2D eigenvalue weighted by atomic mass is 32.1. The molecule has 10 heavy (non-hydrogen) atoms. The first-order valence-corrected chi connectivity index (χ1v) is 4.17. The monoisotopic (exact) mass is 155 g/mol. The smallest absolute Gasteiger partial charge is 0.0781 e. The molecule has 0 saturated heterocycles. The zero-order valence-electron chi connectivity index (χ0n) is 5.45. The van der Waals surface area contributed by atoms with E-state index in [1.54, 1.807) is 11.3 Å². The average molecular weight is 155 g/mol. The summed E-state index contributed by atoms with van der Waals surface area (Å²) >= 11 is 1.64. The van der Waals surface area contributed by atoms with Crippen LogP contribution in [0.5, 0.6) is 0 Å². The number of hydrogen-bond donors (Lipinski definition) is 2. The molecule has 0 aliphatic heterocycles. The van der Waals surface area contributed by atoms with E-state index < -0.39 is 0 Å². The van der Waals surface area contributed by atoms with Gasteiger partial charge in [-0.1, -0.05) is 0 Å². The van der Waals surface area contributed by atoms with Crippen LogP contribution in [-0.4, -0.2) is 11.2 Å². The normalized spacial score (nSPS) is 30.6. The minimum Gasteiger partial charge on any atom is -0.391 e. The molecule has 1 aromatic rings. The standard InChI is InChI=1S/C7H9NOS/c8-6-5(9)3-4-1-2-10-7(4)6/h1-2,5-6,9H,3,8H2/t5-,6-/m1/s1. The molecule has 0 fully saturated rings. The molecule has 3 N–H and O–H groups in total. The van der Waals surface area contributed by atoms with E-state index in [1.165, 1.54) is 5.56 Å². The summed E-state index contributed by atoms with van der Waals surface area (Å²) in [6.45, 7) is 0. The predicted octanol–water partition coefficient (Wildman–Crippen LogP) is 0.665. The topological polar surface area (TPSA) is 46.2 Å². The Morgan fingerprint density at radius 1 is 1.70 bits per heavy atom. The second-order valence-electron chi connectivity index (χ2n) is 2.61. The molecule has 2 nitrogen and oxygen atoms in total. The van der Waals surface area contributed by atoms with Crippen LogP contribution in [0.1, 0.15) is 16.5 Å². The van der Waals surface area contributed by atoms with E-state index in [9.17, 15) is 5.11 Å². The third kappa shape index (κ3) is 0.714. The lowest BCUT2D eigenvalue weighted by Crippen LogP contribution is -2.20. The van der Waals surface area contributed by atoms with Crippen LogP contribution in [0, 0.1) is 0 Å². The lowest BCUT2D eigenvalue weighted by atomic mass is 10.2. The molecule has 0 saturated carbocycles. The van der Waals surface area contributed by atoms with E-state index in [2.05, 4.69) is 0 Å². The Kier molecular flexibility index (Phi) is 1.30. The van der Waals surface area contributed by atoms with Crippen molar-refractivity contribution in [2.24, 2.45) is 5.73 Å². The van der Waals surface area contributed by atoms with Gasteiger partial charge in [0.25, 0.3) is 0 Å². The van der Waals surface area contributed by atoms with Gasteiger partial charge in [0.1, 0.15) is 0 Å². The predicted molar refractivity (Wildman–Crippen MR) is 41.0 cm³/mol. The molecule has 0 bridgehead atoms. The summed E-state index contributed by atoms with van der Waals surface area (Å²) in [5.74, 6) is 0. The Labute approximate surface area is 63.3 Å². The van der Waals surface area contributed by atoms with Crippen molar-refractivity contribution in [3.05, 3.63) is 21.9 Å². The number of nitrogens with two attached hydrogens (primary N) is 1. The van der Waals surface area contributed by atoms with Crippen LogP contribution in [0.25, 0.3) is 0 Å². The van der Waals surface area contributed by atoms with Crippen molar-refractivity contribution in [2.45, 2.75) is 18.6 Å². The van der Waals surface area contributed by atoms with E-state index >= 15 is 0 Å². The first-order chi connectivity index (χ1) is 4.79.